The summed E-state index contributed by atoms with van der Waals surface area (Å²) >= 11 is 0. The number of benzene rings is 1. The van der Waals surface area contributed by atoms with E-state index < -0.39 is 17.9 Å². The molecule has 0 saturated carbocycles. The van der Waals surface area contributed by atoms with E-state index in [1.165, 1.54) is 28.9 Å². The van der Waals surface area contributed by atoms with Gasteiger partial charge in [-0.1, -0.05) is 12.7 Å². The van der Waals surface area contributed by atoms with Crippen LogP contribution < -0.4 is 10.9 Å². The van der Waals surface area contributed by atoms with Gasteiger partial charge in [-0.05, 0) is 68.8 Å². The number of hydrogen-bond acceptors (Lipinski definition) is 5. The molecule has 0 spiro atoms. The van der Waals surface area contributed by atoms with Gasteiger partial charge in [0.1, 0.15) is 5.69 Å². The van der Waals surface area contributed by atoms with Gasteiger partial charge >= 0.3 is 0 Å². The van der Waals surface area contributed by atoms with Crippen LogP contribution in [0.1, 0.15) is 53.8 Å². The molecule has 1 N–H and O–H groups in total. The fraction of sp³-hybridized carbons (Fsp3) is 0.333. The number of halogens is 2. The zero-order valence-electron chi connectivity index (χ0n) is 18.6. The molecule has 1 unspecified atom stereocenters. The molecular formula is C24H26F2N4O3. The van der Waals surface area contributed by atoms with Crippen LogP contribution in [0, 0.1) is 0 Å². The van der Waals surface area contributed by atoms with Crippen molar-refractivity contribution < 1.29 is 18.3 Å². The number of alkyl halides is 2. The number of carbonyl (C=O) groups excluding carboxylic acids is 1. The minimum atomic E-state index is -3.26. The Balaban J connectivity index is 1.84. The molecule has 0 saturated heterocycles. The highest BCUT2D eigenvalue weighted by Gasteiger charge is 2.28. The van der Waals surface area contributed by atoms with Crippen molar-refractivity contribution in [3.8, 4) is 0 Å². The smallest absolute Gasteiger partial charge is 0.291 e. The molecule has 2 atom stereocenters. The van der Waals surface area contributed by atoms with Crippen molar-refractivity contribution in [3.63, 3.8) is 0 Å². The molecule has 9 heteroatoms. The minimum absolute atomic E-state index is 0.0332. The molecule has 174 valence electrons. The molecule has 7 nitrogen and oxygen atoms in total. The van der Waals surface area contributed by atoms with Crippen molar-refractivity contribution in [3.05, 3.63) is 76.2 Å². The van der Waals surface area contributed by atoms with Gasteiger partial charge in [-0.2, -0.15) is 13.9 Å². The van der Waals surface area contributed by atoms with Gasteiger partial charge in [0.2, 0.25) is 0 Å². The third kappa shape index (κ3) is 5.48. The lowest BCUT2D eigenvalue weighted by atomic mass is 10.00. The summed E-state index contributed by atoms with van der Waals surface area (Å²) in [4.78, 5) is 28.9. The lowest BCUT2D eigenvalue weighted by Gasteiger charge is -2.21. The van der Waals surface area contributed by atoms with Crippen molar-refractivity contribution in [2.24, 2.45) is 4.99 Å². The van der Waals surface area contributed by atoms with Crippen molar-refractivity contribution in [2.75, 3.05) is 7.11 Å². The van der Waals surface area contributed by atoms with Gasteiger partial charge in [-0.3, -0.25) is 14.6 Å². The molecule has 3 rings (SSSR count). The second-order valence-electron chi connectivity index (χ2n) is 7.79. The second-order valence-corrected chi connectivity index (χ2v) is 7.79. The number of nitrogens with one attached hydrogen (secondary N) is 1. The number of rotatable bonds is 8. The first-order valence-electron chi connectivity index (χ1n) is 10.5. The van der Waals surface area contributed by atoms with E-state index in [2.05, 4.69) is 28.7 Å². The van der Waals surface area contributed by atoms with E-state index in [0.29, 0.717) is 30.2 Å². The van der Waals surface area contributed by atoms with Crippen molar-refractivity contribution in [1.29, 1.82) is 0 Å². The first kappa shape index (κ1) is 24.2. The average Bonchev–Trinajstić information content (AvgIpc) is 2.83. The maximum Gasteiger partial charge on any atom is 0.291 e. The van der Waals surface area contributed by atoms with Gasteiger partial charge in [-0.25, -0.2) is 4.68 Å². The molecule has 1 aromatic heterocycles. The van der Waals surface area contributed by atoms with E-state index in [1.54, 1.807) is 20.1 Å². The molecular weight excluding hydrogens is 430 g/mol. The average molecular weight is 456 g/mol. The van der Waals surface area contributed by atoms with E-state index >= 15 is 0 Å². The molecule has 0 fully saturated rings. The van der Waals surface area contributed by atoms with Crippen LogP contribution in [0.15, 0.2) is 58.8 Å². The van der Waals surface area contributed by atoms with Crippen LogP contribution >= 0.6 is 0 Å². The maximum absolute atomic E-state index is 14.2. The molecule has 1 aliphatic carbocycles. The summed E-state index contributed by atoms with van der Waals surface area (Å²) in [6.45, 7) is 8.23. The predicted octanol–water partition coefficient (Wildman–Crippen LogP) is 4.38. The molecule has 33 heavy (non-hydrogen) atoms. The number of ether oxygens (including phenoxy) is 1. The summed E-state index contributed by atoms with van der Waals surface area (Å²) in [7, 11) is 1.64. The number of hydrogen-bond donors (Lipinski definition) is 1. The van der Waals surface area contributed by atoms with Crippen molar-refractivity contribution in [1.82, 2.24) is 15.1 Å². The Kier molecular flexibility index (Phi) is 7.33. The number of aromatic nitrogens is 2. The van der Waals surface area contributed by atoms with Crippen LogP contribution in [-0.2, 0) is 10.7 Å². The Morgan fingerprint density at radius 3 is 2.76 bits per heavy atom. The minimum Gasteiger partial charge on any atom is -0.381 e. The van der Waals surface area contributed by atoms with E-state index in [9.17, 15) is 18.4 Å². The SMILES string of the molecule is C=CC(F)(F)c1cc(N=C)cc([C@@H](C)NC(=O)c2ccc(=O)n(C3=CCC(OC)CC3)n2)c1. The number of methoxy groups -OCH3 is 1. The molecule has 1 amide bonds. The third-order valence-corrected chi connectivity index (χ3v) is 5.59. The molecule has 0 radical (unpaired) electrons. The second kappa shape index (κ2) is 9.99. The van der Waals surface area contributed by atoms with E-state index in [1.807, 2.05) is 6.08 Å². The monoisotopic (exact) mass is 456 g/mol. The molecule has 0 bridgehead atoms. The molecule has 0 aliphatic heterocycles. The Labute approximate surface area is 190 Å². The van der Waals surface area contributed by atoms with Gasteiger partial charge < -0.3 is 10.1 Å². The van der Waals surface area contributed by atoms with Gasteiger partial charge in [0.05, 0.1) is 17.8 Å². The van der Waals surface area contributed by atoms with Crippen LogP contribution in [0.2, 0.25) is 0 Å². The van der Waals surface area contributed by atoms with Crippen molar-refractivity contribution in [2.45, 2.75) is 44.3 Å². The highest BCUT2D eigenvalue weighted by molar-refractivity contribution is 5.92. The summed E-state index contributed by atoms with van der Waals surface area (Å²) in [6.07, 6.45) is 4.51. The quantitative estimate of drug-likeness (QED) is 0.472. The number of carbonyl (C=O) groups is 1. The maximum atomic E-state index is 14.2. The summed E-state index contributed by atoms with van der Waals surface area (Å²) in [6, 6.07) is 6.04. The Morgan fingerprint density at radius 2 is 2.15 bits per heavy atom. The number of allylic oxidation sites excluding steroid dienone is 2. The van der Waals surface area contributed by atoms with Crippen LogP contribution in [0.5, 0.6) is 0 Å². The first-order chi connectivity index (χ1) is 15.7. The molecule has 1 aromatic carbocycles. The van der Waals surface area contributed by atoms with Crippen LogP contribution in [0.4, 0.5) is 14.5 Å². The Bertz CT molecular complexity index is 1160. The topological polar surface area (TPSA) is 85.6 Å². The fourth-order valence-corrected chi connectivity index (χ4v) is 3.58. The van der Waals surface area contributed by atoms with Gasteiger partial charge in [0, 0.05) is 24.4 Å². The van der Waals surface area contributed by atoms with E-state index in [4.69, 9.17) is 4.74 Å². The molecule has 2 aromatic rings. The normalized spacial score (nSPS) is 17.1. The van der Waals surface area contributed by atoms with Gasteiger partial charge in [0.15, 0.2) is 0 Å². The van der Waals surface area contributed by atoms with Crippen LogP contribution in [-0.4, -0.2) is 35.6 Å². The summed E-state index contributed by atoms with van der Waals surface area (Å²) in [5, 5.41) is 6.96. The molecule has 1 heterocycles. The lowest BCUT2D eigenvalue weighted by molar-refractivity contribution is 0.0525. The summed E-state index contributed by atoms with van der Waals surface area (Å²) in [5.41, 5.74) is 0.753. The highest BCUT2D eigenvalue weighted by atomic mass is 19.3. The summed E-state index contributed by atoms with van der Waals surface area (Å²) in [5.74, 6) is -3.80. The van der Waals surface area contributed by atoms with E-state index in [-0.39, 0.29) is 28.6 Å². The number of nitrogens with zero attached hydrogens (tertiary/aromatic N) is 3. The Morgan fingerprint density at radius 1 is 1.39 bits per heavy atom. The van der Waals surface area contributed by atoms with Crippen LogP contribution in [0.25, 0.3) is 5.70 Å². The Hall–Kier alpha value is -3.46. The van der Waals surface area contributed by atoms with Crippen LogP contribution in [0.3, 0.4) is 0 Å². The van der Waals surface area contributed by atoms with Gasteiger partial charge in [-0.15, -0.1) is 0 Å². The number of amides is 1. The zero-order valence-corrected chi connectivity index (χ0v) is 18.6. The largest absolute Gasteiger partial charge is 0.381 e. The van der Waals surface area contributed by atoms with E-state index in [0.717, 1.165) is 6.42 Å². The van der Waals surface area contributed by atoms with Gasteiger partial charge in [0.25, 0.3) is 17.4 Å². The fourth-order valence-electron chi connectivity index (χ4n) is 3.58. The molecule has 1 aliphatic rings. The summed E-state index contributed by atoms with van der Waals surface area (Å²) < 4.78 is 34.9. The third-order valence-electron chi connectivity index (χ3n) is 5.59. The van der Waals surface area contributed by atoms with Crippen molar-refractivity contribution >= 4 is 24.0 Å². The zero-order chi connectivity index (χ0) is 24.2. The first-order valence-corrected chi connectivity index (χ1v) is 10.5. The standard InChI is InChI=1S/C24H26F2N4O3/c1-5-24(25,26)17-12-16(13-18(14-17)27-3)15(2)28-23(32)21-10-11-22(31)30(29-21)19-6-8-20(33-4)9-7-19/h5-6,10-15,20H,1,3,7-9H2,2,4H3,(H,28,32)/t15-,20?/m1/s1. The predicted molar refractivity (Wildman–Crippen MR) is 123 cm³/mol. The lowest BCUT2D eigenvalue weighted by Crippen LogP contribution is -2.31. The highest BCUT2D eigenvalue weighted by Crippen LogP contribution is 2.34. The number of aliphatic imine (C=N–C) groups is 1.